The minimum Gasteiger partial charge on any atom is -0.477 e. The van der Waals surface area contributed by atoms with Gasteiger partial charge in [0.1, 0.15) is 5.69 Å². The van der Waals surface area contributed by atoms with E-state index in [0.717, 1.165) is 13.1 Å². The summed E-state index contributed by atoms with van der Waals surface area (Å²) in [6, 6.07) is 3.25. The number of carboxylic acid groups (broad SMARTS) is 2. The maximum atomic E-state index is 11.8. The van der Waals surface area contributed by atoms with Crippen LogP contribution in [-0.2, 0) is 9.59 Å². The number of nitrogens with one attached hydrogen (secondary N) is 2. The third kappa shape index (κ3) is 8.66. The van der Waals surface area contributed by atoms with Gasteiger partial charge >= 0.3 is 48.0 Å². The van der Waals surface area contributed by atoms with Crippen LogP contribution >= 0.6 is 23.2 Å². The van der Waals surface area contributed by atoms with Crippen LogP contribution in [0.1, 0.15) is 0 Å². The van der Waals surface area contributed by atoms with Gasteiger partial charge in [0, 0.05) is 18.8 Å². The van der Waals surface area contributed by atoms with Crippen LogP contribution < -0.4 is 16.4 Å². The summed E-state index contributed by atoms with van der Waals surface area (Å²) in [5, 5.41) is 21.8. The van der Waals surface area contributed by atoms with Crippen molar-refractivity contribution in [3.8, 4) is 0 Å². The average molecular weight is 673 g/mol. The second-order valence-electron chi connectivity index (χ2n) is 7.05. The third-order valence-corrected chi connectivity index (χ3v) is 4.59. The molecule has 41 heavy (non-hydrogen) atoms. The van der Waals surface area contributed by atoms with E-state index in [-0.39, 0.29) is 0 Å². The largest absolute Gasteiger partial charge is 0.477 e. The Labute approximate surface area is 227 Å². The van der Waals surface area contributed by atoms with Gasteiger partial charge in [0.25, 0.3) is 0 Å². The Bertz CT molecular complexity index is 1060. The molecule has 6 N–H and O–H groups in total. The van der Waals surface area contributed by atoms with Crippen molar-refractivity contribution in [2.45, 2.75) is 36.0 Å². The summed E-state index contributed by atoms with van der Waals surface area (Å²) >= 11 is 12.0. The van der Waals surface area contributed by atoms with Crippen molar-refractivity contribution in [1.82, 2.24) is 10.6 Å². The first-order valence-corrected chi connectivity index (χ1v) is 10.2. The monoisotopic (exact) mass is 672 g/mol. The van der Waals surface area contributed by atoms with E-state index in [0.29, 0.717) is 27.4 Å². The number of nitrogens with zero attached hydrogens (tertiary/aromatic N) is 1. The molecular formula is C17H12Cl2F14N4O4. The number of hydrogen-bond donors (Lipinski definition) is 5. The zero-order chi connectivity index (χ0) is 33.0. The van der Waals surface area contributed by atoms with Crippen molar-refractivity contribution in [3.05, 3.63) is 22.2 Å². The number of benzene rings is 1. The number of alkyl halides is 14. The zero-order valence-electron chi connectivity index (χ0n) is 18.9. The first-order chi connectivity index (χ1) is 18.1. The number of nitrogens with two attached hydrogens (primary N) is 1. The molecule has 0 aromatic heterocycles. The fraction of sp³-hybridized carbons (Fsp3) is 0.471. The van der Waals surface area contributed by atoms with Crippen molar-refractivity contribution in [2.75, 3.05) is 18.8 Å². The second-order valence-corrected chi connectivity index (χ2v) is 7.86. The summed E-state index contributed by atoms with van der Waals surface area (Å²) in [5.41, 5.74) is 6.65. The van der Waals surface area contributed by atoms with Crippen molar-refractivity contribution >= 4 is 52.5 Å². The number of rotatable bonds is 5. The number of carbonyl (C=O) groups is 2. The Hall–Kier alpha value is -3.17. The number of hydrogen-bond acceptors (Lipinski definition) is 4. The van der Waals surface area contributed by atoms with Gasteiger partial charge in [-0.1, -0.05) is 23.2 Å². The van der Waals surface area contributed by atoms with Crippen LogP contribution in [0, 0.1) is 0 Å². The Morgan fingerprint density at radius 1 is 0.707 bits per heavy atom. The SMILES string of the molecule is Nc1cc(Cl)c(N=C2NCCN2)c(Cl)c1.O=C(O)C(F)(F)C(F)(F)C(F)(F)F.O=C(O)C(F)(F)C(F)(F)C(F)(F)F. The predicted molar refractivity (Wildman–Crippen MR) is 111 cm³/mol. The zero-order valence-corrected chi connectivity index (χ0v) is 20.4. The highest BCUT2D eigenvalue weighted by atomic mass is 35.5. The fourth-order valence-electron chi connectivity index (χ4n) is 1.93. The summed E-state index contributed by atoms with van der Waals surface area (Å²) in [7, 11) is 0. The summed E-state index contributed by atoms with van der Waals surface area (Å²) in [6.07, 6.45) is -13.2. The molecule has 0 bridgehead atoms. The molecule has 2 rings (SSSR count). The van der Waals surface area contributed by atoms with Gasteiger partial charge < -0.3 is 26.6 Å². The van der Waals surface area contributed by atoms with Gasteiger partial charge in [-0.05, 0) is 12.1 Å². The van der Waals surface area contributed by atoms with Crippen LogP contribution in [0.25, 0.3) is 0 Å². The molecule has 24 heteroatoms. The van der Waals surface area contributed by atoms with E-state index in [4.69, 9.17) is 39.1 Å². The highest BCUT2D eigenvalue weighted by Gasteiger charge is 2.77. The van der Waals surface area contributed by atoms with Gasteiger partial charge in [0.2, 0.25) is 0 Å². The van der Waals surface area contributed by atoms with Crippen molar-refractivity contribution in [3.63, 3.8) is 0 Å². The van der Waals surface area contributed by atoms with Gasteiger partial charge in [-0.25, -0.2) is 14.6 Å². The molecule has 8 nitrogen and oxygen atoms in total. The van der Waals surface area contributed by atoms with Gasteiger partial charge in [-0.15, -0.1) is 0 Å². The Kier molecular flexibility index (Phi) is 11.8. The molecule has 1 fully saturated rings. The fourth-order valence-corrected chi connectivity index (χ4v) is 2.52. The lowest BCUT2D eigenvalue weighted by Crippen LogP contribution is -2.56. The van der Waals surface area contributed by atoms with E-state index in [2.05, 4.69) is 15.6 Å². The maximum Gasteiger partial charge on any atom is 0.460 e. The molecule has 0 amide bonds. The topological polar surface area (TPSA) is 137 Å². The van der Waals surface area contributed by atoms with Gasteiger partial charge in [0.15, 0.2) is 5.96 Å². The first kappa shape index (κ1) is 37.8. The lowest BCUT2D eigenvalue weighted by atomic mass is 10.1. The first-order valence-electron chi connectivity index (χ1n) is 9.48. The van der Waals surface area contributed by atoms with Crippen LogP contribution in [0.2, 0.25) is 10.0 Å². The van der Waals surface area contributed by atoms with E-state index in [1.807, 2.05) is 0 Å². The molecule has 0 aliphatic carbocycles. The van der Waals surface area contributed by atoms with Crippen LogP contribution in [-0.4, -0.2) is 77.2 Å². The molecule has 0 radical (unpaired) electrons. The normalized spacial score (nSPS) is 14.5. The lowest BCUT2D eigenvalue weighted by Gasteiger charge is -2.24. The van der Waals surface area contributed by atoms with E-state index < -0.39 is 48.0 Å². The number of aliphatic imine (C=N–C) groups is 1. The molecule has 1 aromatic rings. The predicted octanol–water partition coefficient (Wildman–Crippen LogP) is 5.56. The van der Waals surface area contributed by atoms with Crippen LogP contribution in [0.4, 0.5) is 72.8 Å². The minimum atomic E-state index is -6.60. The van der Waals surface area contributed by atoms with Crippen LogP contribution in [0.15, 0.2) is 17.1 Å². The van der Waals surface area contributed by atoms with Gasteiger partial charge in [0.05, 0.1) is 10.0 Å². The van der Waals surface area contributed by atoms with Crippen LogP contribution in [0.3, 0.4) is 0 Å². The molecule has 1 aromatic carbocycles. The lowest BCUT2D eigenvalue weighted by molar-refractivity contribution is -0.347. The molecule has 236 valence electrons. The smallest absolute Gasteiger partial charge is 0.460 e. The second kappa shape index (κ2) is 12.8. The summed E-state index contributed by atoms with van der Waals surface area (Å²) in [6.45, 7) is 1.70. The Morgan fingerprint density at radius 3 is 1.22 bits per heavy atom. The minimum absolute atomic E-state index is 0.447. The van der Waals surface area contributed by atoms with Crippen molar-refractivity contribution < 1.29 is 81.3 Å². The molecule has 0 atom stereocenters. The molecule has 1 aliphatic heterocycles. The van der Waals surface area contributed by atoms with E-state index in [9.17, 15) is 71.1 Å². The molecule has 1 heterocycles. The molecule has 1 saturated heterocycles. The van der Waals surface area contributed by atoms with E-state index in [1.165, 1.54) is 0 Å². The summed E-state index contributed by atoms with van der Waals surface area (Å²) in [4.78, 5) is 23.0. The van der Waals surface area contributed by atoms with E-state index >= 15 is 0 Å². The molecular weight excluding hydrogens is 661 g/mol. The number of guanidine groups is 1. The standard InChI is InChI=1S/C9H10Cl2N4.2C4HF7O2/c10-6-3-5(12)4-7(11)8(6)15-9-13-1-2-14-9;2*5-2(6,1(12)13)3(7,8)4(9,10)11/h3-4H,1-2,12H2,(H2,13,14,15);2*(H,12,13). The number of halogens is 16. The Balaban J connectivity index is 0.000000589. The highest BCUT2D eigenvalue weighted by molar-refractivity contribution is 6.39. The number of aliphatic carboxylic acids is 2. The average Bonchev–Trinajstić information content (AvgIpc) is 3.28. The summed E-state index contributed by atoms with van der Waals surface area (Å²) < 4.78 is 161. The summed E-state index contributed by atoms with van der Waals surface area (Å²) in [5.74, 6) is -31.9. The molecule has 0 spiro atoms. The van der Waals surface area contributed by atoms with Gasteiger partial charge in [-0.2, -0.15) is 61.5 Å². The van der Waals surface area contributed by atoms with Crippen molar-refractivity contribution in [2.24, 2.45) is 4.99 Å². The number of anilines is 1. The number of nitrogen functional groups attached to an aromatic ring is 1. The van der Waals surface area contributed by atoms with Crippen molar-refractivity contribution in [1.29, 1.82) is 0 Å². The Morgan fingerprint density at radius 2 is 1.00 bits per heavy atom. The maximum absolute atomic E-state index is 11.8. The number of carboxylic acids is 2. The highest BCUT2D eigenvalue weighted by Crippen LogP contribution is 2.47. The molecule has 0 unspecified atom stereocenters. The van der Waals surface area contributed by atoms with E-state index in [1.54, 1.807) is 12.1 Å². The quantitative estimate of drug-likeness (QED) is 0.204. The molecule has 0 saturated carbocycles. The van der Waals surface area contributed by atoms with Crippen LogP contribution in [0.5, 0.6) is 0 Å². The van der Waals surface area contributed by atoms with Gasteiger partial charge in [-0.3, -0.25) is 0 Å². The third-order valence-electron chi connectivity index (χ3n) is 4.01. The molecule has 1 aliphatic rings.